The van der Waals surface area contributed by atoms with E-state index in [9.17, 15) is 0 Å². The van der Waals surface area contributed by atoms with Gasteiger partial charge in [-0.15, -0.1) is 0 Å². The summed E-state index contributed by atoms with van der Waals surface area (Å²) in [5.74, 6) is 1.77. The predicted molar refractivity (Wildman–Crippen MR) is 238 cm³/mol. The van der Waals surface area contributed by atoms with Crippen molar-refractivity contribution in [1.29, 1.82) is 0 Å². The van der Waals surface area contributed by atoms with E-state index in [0.29, 0.717) is 17.5 Å². The molecule has 5 heteroatoms. The topological polar surface area (TPSA) is 56.7 Å². The second-order valence-corrected chi connectivity index (χ2v) is 14.8. The van der Waals surface area contributed by atoms with Crippen LogP contribution in [0.5, 0.6) is 0 Å². The maximum atomic E-state index is 6.31. The maximum Gasteiger partial charge on any atom is 0.164 e. The standard InChI is InChI=1S/C53H32N4O/c1-3-13-33(14-4-1)39-27-23-37(31-46(39)57-44-29-25-34-15-7-9-19-40(34)49(44)50-41-20-10-8-16-35(41)26-30-45(50)57)52-54-51(36-17-5-2-6-18-36)55-53(56-52)38-24-28-43-42-21-11-12-22-47(42)58-48(43)32-38/h1-32H. The molecule has 58 heavy (non-hydrogen) atoms. The van der Waals surface area contributed by atoms with E-state index in [4.69, 9.17) is 19.4 Å². The lowest BCUT2D eigenvalue weighted by molar-refractivity contribution is 0.669. The number of nitrogens with zero attached hydrogens (tertiary/aromatic N) is 4. The summed E-state index contributed by atoms with van der Waals surface area (Å²) in [6.07, 6.45) is 0. The minimum Gasteiger partial charge on any atom is -0.456 e. The molecule has 5 nitrogen and oxygen atoms in total. The highest BCUT2D eigenvalue weighted by atomic mass is 16.3. The van der Waals surface area contributed by atoms with Gasteiger partial charge >= 0.3 is 0 Å². The molecule has 9 aromatic carbocycles. The van der Waals surface area contributed by atoms with E-state index >= 15 is 0 Å². The molecule has 0 aliphatic carbocycles. The molecule has 3 heterocycles. The van der Waals surface area contributed by atoms with E-state index in [1.807, 2.05) is 54.6 Å². The van der Waals surface area contributed by atoms with Crippen LogP contribution in [0.15, 0.2) is 199 Å². The Morgan fingerprint density at radius 2 is 0.845 bits per heavy atom. The Balaban J connectivity index is 1.14. The zero-order valence-corrected chi connectivity index (χ0v) is 31.2. The van der Waals surface area contributed by atoms with E-state index in [1.54, 1.807) is 0 Å². The van der Waals surface area contributed by atoms with Crippen LogP contribution in [-0.2, 0) is 0 Å². The molecular formula is C53H32N4O. The largest absolute Gasteiger partial charge is 0.456 e. The highest BCUT2D eigenvalue weighted by Crippen LogP contribution is 2.43. The normalized spacial score (nSPS) is 11.8. The minimum absolute atomic E-state index is 0.578. The number of rotatable bonds is 5. The number of hydrogen-bond acceptors (Lipinski definition) is 4. The Morgan fingerprint density at radius 1 is 0.345 bits per heavy atom. The second kappa shape index (κ2) is 12.8. The average molecular weight is 741 g/mol. The number of benzene rings is 9. The van der Waals surface area contributed by atoms with Gasteiger partial charge in [0.05, 0.1) is 16.7 Å². The summed E-state index contributed by atoms with van der Waals surface area (Å²) >= 11 is 0. The van der Waals surface area contributed by atoms with Gasteiger partial charge in [0.2, 0.25) is 0 Å². The van der Waals surface area contributed by atoms with Crippen molar-refractivity contribution in [3.63, 3.8) is 0 Å². The first-order valence-electron chi connectivity index (χ1n) is 19.5. The molecule has 0 amide bonds. The van der Waals surface area contributed by atoms with Gasteiger partial charge in [0.15, 0.2) is 17.5 Å². The van der Waals surface area contributed by atoms with E-state index in [-0.39, 0.29) is 0 Å². The van der Waals surface area contributed by atoms with Crippen molar-refractivity contribution in [3.8, 4) is 51.0 Å². The van der Waals surface area contributed by atoms with Gasteiger partial charge in [-0.1, -0.05) is 158 Å². The Morgan fingerprint density at radius 3 is 1.50 bits per heavy atom. The van der Waals surface area contributed by atoms with Crippen molar-refractivity contribution in [2.24, 2.45) is 0 Å². The lowest BCUT2D eigenvalue weighted by atomic mass is 10.00. The summed E-state index contributed by atoms with van der Waals surface area (Å²) in [5, 5.41) is 9.51. The Bertz CT molecular complexity index is 3470. The third-order valence-electron chi connectivity index (χ3n) is 11.4. The average Bonchev–Trinajstić information content (AvgIpc) is 3.85. The number of aromatic nitrogens is 4. The molecule has 0 spiro atoms. The molecule has 0 N–H and O–H groups in total. The van der Waals surface area contributed by atoms with Crippen molar-refractivity contribution in [1.82, 2.24) is 19.5 Å². The number of hydrogen-bond donors (Lipinski definition) is 0. The molecule has 0 unspecified atom stereocenters. The Kier molecular flexibility index (Phi) is 7.16. The molecule has 0 atom stereocenters. The molecule has 0 fully saturated rings. The Labute approximate surface area is 333 Å². The van der Waals surface area contributed by atoms with Crippen LogP contribution in [0.3, 0.4) is 0 Å². The van der Waals surface area contributed by atoms with Crippen molar-refractivity contribution in [3.05, 3.63) is 194 Å². The second-order valence-electron chi connectivity index (χ2n) is 14.8. The first-order valence-corrected chi connectivity index (χ1v) is 19.5. The zero-order valence-electron chi connectivity index (χ0n) is 31.2. The monoisotopic (exact) mass is 740 g/mol. The molecule has 0 aliphatic rings. The third-order valence-corrected chi connectivity index (χ3v) is 11.4. The van der Waals surface area contributed by atoms with Crippen molar-refractivity contribution in [2.75, 3.05) is 0 Å². The van der Waals surface area contributed by atoms with Gasteiger partial charge in [-0.3, -0.25) is 0 Å². The highest BCUT2D eigenvalue weighted by Gasteiger charge is 2.21. The van der Waals surface area contributed by atoms with E-state index < -0.39 is 0 Å². The van der Waals surface area contributed by atoms with E-state index in [0.717, 1.165) is 66.5 Å². The molecule has 270 valence electrons. The fourth-order valence-electron chi connectivity index (χ4n) is 8.74. The lowest BCUT2D eigenvalue weighted by Gasteiger charge is -2.16. The van der Waals surface area contributed by atoms with E-state index in [2.05, 4.69) is 144 Å². The summed E-state index contributed by atoms with van der Waals surface area (Å²) in [6.45, 7) is 0. The first-order chi connectivity index (χ1) is 28.7. The van der Waals surface area contributed by atoms with Crippen LogP contribution in [0.2, 0.25) is 0 Å². The van der Waals surface area contributed by atoms with Crippen molar-refractivity contribution < 1.29 is 4.42 Å². The molecule has 0 aliphatic heterocycles. The summed E-state index contributed by atoms with van der Waals surface area (Å²) < 4.78 is 8.74. The highest BCUT2D eigenvalue weighted by molar-refractivity contribution is 6.28. The van der Waals surface area contributed by atoms with Crippen molar-refractivity contribution >= 4 is 65.3 Å². The lowest BCUT2D eigenvalue weighted by Crippen LogP contribution is -2.02. The molecule has 3 aromatic heterocycles. The van der Waals surface area contributed by atoms with Gasteiger partial charge < -0.3 is 8.98 Å². The van der Waals surface area contributed by atoms with Crippen LogP contribution in [-0.4, -0.2) is 19.5 Å². The molecular weight excluding hydrogens is 709 g/mol. The number of furan rings is 1. The molecule has 12 aromatic rings. The Hall–Kier alpha value is -7.89. The predicted octanol–water partition coefficient (Wildman–Crippen LogP) is 13.8. The van der Waals surface area contributed by atoms with Crippen LogP contribution < -0.4 is 0 Å². The number of fused-ring (bicyclic) bond motifs is 10. The van der Waals surface area contributed by atoms with E-state index in [1.165, 1.54) is 32.3 Å². The van der Waals surface area contributed by atoms with Gasteiger partial charge in [0.1, 0.15) is 11.2 Å². The quantitative estimate of drug-likeness (QED) is 0.176. The van der Waals surface area contributed by atoms with Gasteiger partial charge in [0, 0.05) is 43.8 Å². The van der Waals surface area contributed by atoms with Gasteiger partial charge in [-0.25, -0.2) is 15.0 Å². The van der Waals surface area contributed by atoms with Gasteiger partial charge in [-0.2, -0.15) is 0 Å². The summed E-state index contributed by atoms with van der Waals surface area (Å²) in [4.78, 5) is 15.5. The van der Waals surface area contributed by atoms with Gasteiger partial charge in [-0.05, 0) is 63.5 Å². The molecule has 0 saturated heterocycles. The third kappa shape index (κ3) is 5.07. The number of para-hydroxylation sites is 1. The summed E-state index contributed by atoms with van der Waals surface area (Å²) in [5.41, 5.74) is 9.86. The fraction of sp³-hybridized carbons (Fsp3) is 0. The van der Waals surface area contributed by atoms with Crippen LogP contribution in [0.1, 0.15) is 0 Å². The molecule has 0 radical (unpaired) electrons. The van der Waals surface area contributed by atoms with Crippen LogP contribution >= 0.6 is 0 Å². The maximum absolute atomic E-state index is 6.31. The van der Waals surface area contributed by atoms with Crippen molar-refractivity contribution in [2.45, 2.75) is 0 Å². The zero-order chi connectivity index (χ0) is 38.2. The fourth-order valence-corrected chi connectivity index (χ4v) is 8.74. The van der Waals surface area contributed by atoms with Crippen LogP contribution in [0.25, 0.3) is 116 Å². The molecule has 12 rings (SSSR count). The summed E-state index contributed by atoms with van der Waals surface area (Å²) in [7, 11) is 0. The first kappa shape index (κ1) is 32.4. The summed E-state index contributed by atoms with van der Waals surface area (Å²) in [6, 6.07) is 68.1. The van der Waals surface area contributed by atoms with Crippen LogP contribution in [0.4, 0.5) is 0 Å². The smallest absolute Gasteiger partial charge is 0.164 e. The molecule has 0 bridgehead atoms. The SMILES string of the molecule is c1ccc(-c2nc(-c3ccc(-c4ccccc4)c(-n4c5ccc6ccccc6c5c5c6ccccc6ccc54)c3)nc(-c3ccc4c(c3)oc3ccccc34)n2)cc1. The minimum atomic E-state index is 0.578. The van der Waals surface area contributed by atoms with Crippen LogP contribution in [0, 0.1) is 0 Å². The van der Waals surface area contributed by atoms with Gasteiger partial charge in [0.25, 0.3) is 0 Å². The molecule has 0 saturated carbocycles.